The Morgan fingerprint density at radius 3 is 2.27 bits per heavy atom. The summed E-state index contributed by atoms with van der Waals surface area (Å²) in [5, 5.41) is 12.9. The number of aliphatic hydroxyl groups excluding tert-OH is 1. The molecule has 2 nitrogen and oxygen atoms in total. The van der Waals surface area contributed by atoms with E-state index in [1.165, 1.54) is 0 Å². The van der Waals surface area contributed by atoms with Crippen LogP contribution in [0.3, 0.4) is 0 Å². The zero-order valence-corrected chi connectivity index (χ0v) is 8.61. The van der Waals surface area contributed by atoms with Crippen molar-refractivity contribution >= 4 is 11.8 Å². The molecule has 0 spiro atoms. The van der Waals surface area contributed by atoms with Crippen molar-refractivity contribution < 1.29 is 5.11 Å². The van der Waals surface area contributed by atoms with Crippen LogP contribution in [0.2, 0.25) is 0 Å². The Bertz CT molecular complexity index is 100. The third kappa shape index (κ3) is 4.67. The van der Waals surface area contributed by atoms with E-state index in [4.69, 9.17) is 5.11 Å². The van der Waals surface area contributed by atoms with Crippen LogP contribution in [0, 0.1) is 0 Å². The number of hydrogen-bond donors (Lipinski definition) is 2. The van der Waals surface area contributed by atoms with Crippen molar-refractivity contribution in [1.82, 2.24) is 5.32 Å². The second kappa shape index (κ2) is 5.86. The Labute approximate surface area is 73.8 Å². The predicted molar refractivity (Wildman–Crippen MR) is 52.1 cm³/mol. The van der Waals surface area contributed by atoms with E-state index in [-0.39, 0.29) is 6.61 Å². The molecule has 3 atom stereocenters. The monoisotopic (exact) mass is 177 g/mol. The average Bonchev–Trinajstić information content (AvgIpc) is 2.02. The molecule has 0 aliphatic carbocycles. The van der Waals surface area contributed by atoms with Crippen molar-refractivity contribution in [1.29, 1.82) is 0 Å². The normalized spacial score (nSPS) is 19.4. The standard InChI is InChI=1S/C8H19NOS/c1-6(5-10)11-8(3)7(2)9-4/h6-10H,5H2,1-4H3. The lowest BCUT2D eigenvalue weighted by Gasteiger charge is -2.21. The van der Waals surface area contributed by atoms with Gasteiger partial charge < -0.3 is 10.4 Å². The molecule has 0 aliphatic heterocycles. The molecular formula is C8H19NOS. The van der Waals surface area contributed by atoms with Crippen molar-refractivity contribution in [2.24, 2.45) is 0 Å². The summed E-state index contributed by atoms with van der Waals surface area (Å²) >= 11 is 1.82. The van der Waals surface area contributed by atoms with Gasteiger partial charge in [-0.05, 0) is 14.0 Å². The number of hydrogen-bond acceptors (Lipinski definition) is 3. The minimum atomic E-state index is 0.269. The molecule has 0 heterocycles. The molecule has 0 radical (unpaired) electrons. The fourth-order valence-electron chi connectivity index (χ4n) is 0.762. The predicted octanol–water partition coefficient (Wildman–Crippen LogP) is 1.10. The first kappa shape index (κ1) is 11.3. The van der Waals surface area contributed by atoms with Gasteiger partial charge in [0.2, 0.25) is 0 Å². The molecule has 0 aromatic rings. The second-order valence-electron chi connectivity index (χ2n) is 2.91. The van der Waals surface area contributed by atoms with Crippen LogP contribution in [0.25, 0.3) is 0 Å². The maximum atomic E-state index is 8.80. The largest absolute Gasteiger partial charge is 0.395 e. The van der Waals surface area contributed by atoms with Gasteiger partial charge >= 0.3 is 0 Å². The van der Waals surface area contributed by atoms with Crippen LogP contribution in [0.4, 0.5) is 0 Å². The summed E-state index contributed by atoms with van der Waals surface area (Å²) in [7, 11) is 1.96. The first-order valence-corrected chi connectivity index (χ1v) is 4.99. The fraction of sp³-hybridized carbons (Fsp3) is 1.00. The Morgan fingerprint density at radius 2 is 1.91 bits per heavy atom. The molecule has 3 unspecified atom stereocenters. The van der Waals surface area contributed by atoms with Crippen molar-refractivity contribution in [2.75, 3.05) is 13.7 Å². The highest BCUT2D eigenvalue weighted by molar-refractivity contribution is 8.00. The van der Waals surface area contributed by atoms with Crippen LogP contribution in [0.1, 0.15) is 20.8 Å². The molecule has 0 aliphatic rings. The third-order valence-corrected chi connectivity index (χ3v) is 3.31. The van der Waals surface area contributed by atoms with Gasteiger partial charge in [-0.15, -0.1) is 0 Å². The molecule has 68 valence electrons. The van der Waals surface area contributed by atoms with E-state index in [9.17, 15) is 0 Å². The lowest BCUT2D eigenvalue weighted by molar-refractivity contribution is 0.299. The quantitative estimate of drug-likeness (QED) is 0.659. The van der Waals surface area contributed by atoms with Gasteiger partial charge in [-0.2, -0.15) is 11.8 Å². The Balaban J connectivity index is 3.58. The molecule has 0 saturated heterocycles. The molecular weight excluding hydrogens is 158 g/mol. The SMILES string of the molecule is CNC(C)C(C)SC(C)CO. The van der Waals surface area contributed by atoms with Crippen molar-refractivity contribution in [2.45, 2.75) is 37.3 Å². The fourth-order valence-corrected chi connectivity index (χ4v) is 1.95. The van der Waals surface area contributed by atoms with E-state index in [0.717, 1.165) is 0 Å². The van der Waals surface area contributed by atoms with Crippen molar-refractivity contribution in [3.05, 3.63) is 0 Å². The van der Waals surface area contributed by atoms with Gasteiger partial charge in [0, 0.05) is 16.5 Å². The Morgan fingerprint density at radius 1 is 1.36 bits per heavy atom. The zero-order valence-electron chi connectivity index (χ0n) is 7.79. The summed E-state index contributed by atoms with van der Waals surface area (Å²) < 4.78 is 0. The molecule has 2 N–H and O–H groups in total. The van der Waals surface area contributed by atoms with Crippen molar-refractivity contribution in [3.63, 3.8) is 0 Å². The zero-order chi connectivity index (χ0) is 8.85. The van der Waals surface area contributed by atoms with Crippen LogP contribution in [-0.4, -0.2) is 35.3 Å². The highest BCUT2D eigenvalue weighted by atomic mass is 32.2. The summed E-state index contributed by atoms with van der Waals surface area (Å²) in [6.07, 6.45) is 0. The van der Waals surface area contributed by atoms with E-state index in [1.54, 1.807) is 0 Å². The van der Waals surface area contributed by atoms with Crippen molar-refractivity contribution in [3.8, 4) is 0 Å². The molecule has 0 bridgehead atoms. The number of nitrogens with one attached hydrogen (secondary N) is 1. The summed E-state index contributed by atoms with van der Waals surface area (Å²) in [4.78, 5) is 0. The highest BCUT2D eigenvalue weighted by Gasteiger charge is 2.13. The Hall–Kier alpha value is 0.270. The van der Waals surface area contributed by atoms with E-state index >= 15 is 0 Å². The van der Waals surface area contributed by atoms with Gasteiger partial charge in [0.25, 0.3) is 0 Å². The van der Waals surface area contributed by atoms with Crippen LogP contribution in [0.5, 0.6) is 0 Å². The number of aliphatic hydroxyl groups is 1. The summed E-state index contributed by atoms with van der Waals surface area (Å²) in [6, 6.07) is 0.508. The first-order valence-electron chi connectivity index (χ1n) is 4.05. The maximum Gasteiger partial charge on any atom is 0.0547 e. The van der Waals surface area contributed by atoms with E-state index in [2.05, 4.69) is 19.2 Å². The highest BCUT2D eigenvalue weighted by Crippen LogP contribution is 2.19. The minimum Gasteiger partial charge on any atom is -0.395 e. The van der Waals surface area contributed by atoms with Crippen LogP contribution in [0.15, 0.2) is 0 Å². The van der Waals surface area contributed by atoms with Crippen LogP contribution >= 0.6 is 11.8 Å². The van der Waals surface area contributed by atoms with Gasteiger partial charge in [-0.3, -0.25) is 0 Å². The topological polar surface area (TPSA) is 32.3 Å². The van der Waals surface area contributed by atoms with E-state index in [0.29, 0.717) is 16.5 Å². The lowest BCUT2D eigenvalue weighted by Crippen LogP contribution is -2.32. The van der Waals surface area contributed by atoms with Gasteiger partial charge in [0.05, 0.1) is 6.61 Å². The van der Waals surface area contributed by atoms with E-state index < -0.39 is 0 Å². The van der Waals surface area contributed by atoms with E-state index in [1.807, 2.05) is 25.7 Å². The molecule has 11 heavy (non-hydrogen) atoms. The maximum absolute atomic E-state index is 8.80. The Kier molecular flexibility index (Phi) is 6.01. The summed E-state index contributed by atoms with van der Waals surface area (Å²) in [5.41, 5.74) is 0. The second-order valence-corrected chi connectivity index (χ2v) is 4.73. The molecule has 0 saturated carbocycles. The van der Waals surface area contributed by atoms with Gasteiger partial charge in [-0.25, -0.2) is 0 Å². The third-order valence-electron chi connectivity index (χ3n) is 1.86. The van der Waals surface area contributed by atoms with Gasteiger partial charge in [0.1, 0.15) is 0 Å². The van der Waals surface area contributed by atoms with Gasteiger partial charge in [-0.1, -0.05) is 13.8 Å². The molecule has 3 heteroatoms. The lowest BCUT2D eigenvalue weighted by atomic mass is 10.3. The molecule has 0 aromatic carbocycles. The molecule has 0 rings (SSSR count). The van der Waals surface area contributed by atoms with Crippen LogP contribution in [-0.2, 0) is 0 Å². The number of rotatable bonds is 5. The molecule has 0 aromatic heterocycles. The average molecular weight is 177 g/mol. The minimum absolute atomic E-state index is 0.269. The summed E-state index contributed by atoms with van der Waals surface area (Å²) in [5.74, 6) is 0. The first-order chi connectivity index (χ1) is 5.11. The molecule has 0 fully saturated rings. The molecule has 0 amide bonds. The van der Waals surface area contributed by atoms with Crippen LogP contribution < -0.4 is 5.32 Å². The number of thioether (sulfide) groups is 1. The smallest absolute Gasteiger partial charge is 0.0547 e. The van der Waals surface area contributed by atoms with Gasteiger partial charge in [0.15, 0.2) is 0 Å². The summed E-state index contributed by atoms with van der Waals surface area (Å²) in [6.45, 7) is 6.65.